The number of hydrogen-bond donors (Lipinski definition) is 0. The smallest absolute Gasteiger partial charge is 0.261 e. The number of carbonyl (C=O) groups is 2. The van der Waals surface area contributed by atoms with Crippen LogP contribution in [0, 0.1) is 0 Å². The molecular formula is C17H10ClN3O3. The van der Waals surface area contributed by atoms with Gasteiger partial charge in [0.05, 0.1) is 28.4 Å². The van der Waals surface area contributed by atoms with Crippen molar-refractivity contribution in [3.05, 3.63) is 80.9 Å². The van der Waals surface area contributed by atoms with E-state index in [2.05, 4.69) is 4.98 Å². The van der Waals surface area contributed by atoms with Gasteiger partial charge >= 0.3 is 0 Å². The van der Waals surface area contributed by atoms with Gasteiger partial charge in [-0.05, 0) is 24.3 Å². The molecule has 2 amide bonds. The Morgan fingerprint density at radius 2 is 1.62 bits per heavy atom. The van der Waals surface area contributed by atoms with Crippen molar-refractivity contribution in [1.29, 1.82) is 0 Å². The van der Waals surface area contributed by atoms with E-state index in [4.69, 9.17) is 11.6 Å². The average Bonchev–Trinajstić information content (AvgIpc) is 2.81. The predicted octanol–water partition coefficient (Wildman–Crippen LogP) is 2.14. The zero-order valence-corrected chi connectivity index (χ0v) is 13.0. The lowest BCUT2D eigenvalue weighted by Gasteiger charge is -2.13. The molecule has 0 N–H and O–H groups in total. The SMILES string of the molecule is O=C1c2ccccc2C(=O)N1Cc1cc(=O)n2cc(Cl)ccc2n1. The van der Waals surface area contributed by atoms with E-state index in [9.17, 15) is 14.4 Å². The molecule has 4 rings (SSSR count). The first-order valence-corrected chi connectivity index (χ1v) is 7.55. The van der Waals surface area contributed by atoms with Crippen molar-refractivity contribution in [3.63, 3.8) is 0 Å². The van der Waals surface area contributed by atoms with Gasteiger partial charge < -0.3 is 0 Å². The van der Waals surface area contributed by atoms with E-state index in [1.54, 1.807) is 36.4 Å². The Morgan fingerprint density at radius 1 is 0.958 bits per heavy atom. The summed E-state index contributed by atoms with van der Waals surface area (Å²) in [6, 6.07) is 11.2. The van der Waals surface area contributed by atoms with Crippen molar-refractivity contribution < 1.29 is 9.59 Å². The summed E-state index contributed by atoms with van der Waals surface area (Å²) in [5.74, 6) is -0.762. The topological polar surface area (TPSA) is 71.8 Å². The molecule has 3 heterocycles. The van der Waals surface area contributed by atoms with Crippen molar-refractivity contribution in [2.45, 2.75) is 6.54 Å². The molecule has 0 saturated carbocycles. The van der Waals surface area contributed by atoms with E-state index in [-0.39, 0.29) is 23.9 Å². The molecule has 0 atom stereocenters. The zero-order chi connectivity index (χ0) is 16.8. The first kappa shape index (κ1) is 14.6. The number of nitrogens with zero attached hydrogens (tertiary/aromatic N) is 3. The molecule has 0 fully saturated rings. The van der Waals surface area contributed by atoms with Gasteiger partial charge in [-0.25, -0.2) is 4.98 Å². The van der Waals surface area contributed by atoms with Crippen molar-refractivity contribution in [1.82, 2.24) is 14.3 Å². The van der Waals surface area contributed by atoms with E-state index >= 15 is 0 Å². The molecule has 0 spiro atoms. The molecule has 1 aliphatic heterocycles. The lowest BCUT2D eigenvalue weighted by atomic mass is 10.1. The van der Waals surface area contributed by atoms with Gasteiger partial charge in [0.15, 0.2) is 0 Å². The lowest BCUT2D eigenvalue weighted by Crippen LogP contribution is -2.30. The molecular weight excluding hydrogens is 330 g/mol. The first-order chi connectivity index (χ1) is 11.5. The van der Waals surface area contributed by atoms with Crippen LogP contribution in [0.15, 0.2) is 53.5 Å². The molecule has 0 radical (unpaired) electrons. The van der Waals surface area contributed by atoms with Crippen LogP contribution >= 0.6 is 11.6 Å². The fourth-order valence-electron chi connectivity index (χ4n) is 2.75. The van der Waals surface area contributed by atoms with Crippen molar-refractivity contribution >= 4 is 29.1 Å². The molecule has 3 aromatic rings. The summed E-state index contributed by atoms with van der Waals surface area (Å²) in [7, 11) is 0. The van der Waals surface area contributed by atoms with Crippen LogP contribution < -0.4 is 5.56 Å². The highest BCUT2D eigenvalue weighted by Crippen LogP contribution is 2.23. The van der Waals surface area contributed by atoms with Gasteiger partial charge in [0.1, 0.15) is 5.65 Å². The molecule has 118 valence electrons. The fraction of sp³-hybridized carbons (Fsp3) is 0.0588. The van der Waals surface area contributed by atoms with Crippen molar-refractivity contribution in [3.8, 4) is 0 Å². The molecule has 6 nitrogen and oxygen atoms in total. The maximum atomic E-state index is 12.4. The summed E-state index contributed by atoms with van der Waals surface area (Å²) in [6.07, 6.45) is 1.47. The second-order valence-corrected chi connectivity index (χ2v) is 5.84. The highest BCUT2D eigenvalue weighted by molar-refractivity contribution is 6.30. The van der Waals surface area contributed by atoms with Gasteiger partial charge in [-0.3, -0.25) is 23.7 Å². The van der Waals surface area contributed by atoms with Crippen LogP contribution in [0.4, 0.5) is 0 Å². The molecule has 0 aliphatic carbocycles. The second-order valence-electron chi connectivity index (χ2n) is 5.40. The minimum Gasteiger partial charge on any atom is -0.269 e. The van der Waals surface area contributed by atoms with Gasteiger partial charge in [0, 0.05) is 12.3 Å². The number of pyridine rings is 1. The Labute approximate surface area is 140 Å². The number of fused-ring (bicyclic) bond motifs is 2. The molecule has 0 saturated heterocycles. The van der Waals surface area contributed by atoms with Crippen molar-refractivity contribution in [2.75, 3.05) is 0 Å². The third kappa shape index (κ3) is 2.19. The minimum atomic E-state index is -0.381. The maximum Gasteiger partial charge on any atom is 0.261 e. The number of aromatic nitrogens is 2. The summed E-state index contributed by atoms with van der Waals surface area (Å²) in [5.41, 5.74) is 1.16. The monoisotopic (exact) mass is 339 g/mol. The number of halogens is 1. The summed E-state index contributed by atoms with van der Waals surface area (Å²) in [5, 5.41) is 0.416. The first-order valence-electron chi connectivity index (χ1n) is 7.18. The average molecular weight is 340 g/mol. The highest BCUT2D eigenvalue weighted by Gasteiger charge is 2.35. The lowest BCUT2D eigenvalue weighted by molar-refractivity contribution is 0.0640. The van der Waals surface area contributed by atoms with Crippen LogP contribution in [0.5, 0.6) is 0 Å². The normalized spacial score (nSPS) is 13.6. The summed E-state index contributed by atoms with van der Waals surface area (Å²) in [6.45, 7) is -0.0548. The predicted molar refractivity (Wildman–Crippen MR) is 87.1 cm³/mol. The van der Waals surface area contributed by atoms with Crippen LogP contribution in [-0.2, 0) is 6.54 Å². The number of benzene rings is 1. The fourth-order valence-corrected chi connectivity index (χ4v) is 2.91. The number of carbonyl (C=O) groups excluding carboxylic acids is 2. The van der Waals surface area contributed by atoms with E-state index in [1.165, 1.54) is 16.7 Å². The molecule has 2 aromatic heterocycles. The Bertz CT molecular complexity index is 1040. The molecule has 0 bridgehead atoms. The number of amides is 2. The summed E-state index contributed by atoms with van der Waals surface area (Å²) >= 11 is 5.87. The van der Waals surface area contributed by atoms with Crippen LogP contribution in [0.1, 0.15) is 26.4 Å². The molecule has 1 aliphatic rings. The molecule has 1 aromatic carbocycles. The third-order valence-corrected chi connectivity index (χ3v) is 4.10. The third-order valence-electron chi connectivity index (χ3n) is 3.87. The minimum absolute atomic E-state index is 0.0548. The van der Waals surface area contributed by atoms with Crippen LogP contribution in [0.25, 0.3) is 5.65 Å². The summed E-state index contributed by atoms with van der Waals surface area (Å²) < 4.78 is 1.31. The molecule has 0 unspecified atom stereocenters. The van der Waals surface area contributed by atoms with Crippen LogP contribution in [0.3, 0.4) is 0 Å². The number of rotatable bonds is 2. The quantitative estimate of drug-likeness (QED) is 0.671. The second kappa shape index (κ2) is 5.28. The standard InChI is InChI=1S/C17H10ClN3O3/c18-10-5-6-14-19-11(7-15(22)20(14)8-10)9-21-16(23)12-3-1-2-4-13(12)17(21)24/h1-8H,9H2. The van der Waals surface area contributed by atoms with Crippen LogP contribution in [0.2, 0.25) is 5.02 Å². The van der Waals surface area contributed by atoms with E-state index < -0.39 is 0 Å². The van der Waals surface area contributed by atoms with Crippen LogP contribution in [-0.4, -0.2) is 26.1 Å². The Hall–Kier alpha value is -2.99. The van der Waals surface area contributed by atoms with Gasteiger partial charge in [-0.15, -0.1) is 0 Å². The van der Waals surface area contributed by atoms with Gasteiger partial charge in [-0.2, -0.15) is 0 Å². The van der Waals surface area contributed by atoms with Gasteiger partial charge in [0.25, 0.3) is 17.4 Å². The Kier molecular flexibility index (Phi) is 3.21. The van der Waals surface area contributed by atoms with E-state index in [0.717, 1.165) is 4.90 Å². The van der Waals surface area contributed by atoms with E-state index in [1.807, 2.05) is 0 Å². The molecule has 7 heteroatoms. The van der Waals surface area contributed by atoms with E-state index in [0.29, 0.717) is 27.5 Å². The molecule has 24 heavy (non-hydrogen) atoms. The largest absolute Gasteiger partial charge is 0.269 e. The van der Waals surface area contributed by atoms with Crippen molar-refractivity contribution in [2.24, 2.45) is 0 Å². The number of hydrogen-bond acceptors (Lipinski definition) is 4. The van der Waals surface area contributed by atoms with Gasteiger partial charge in [-0.1, -0.05) is 23.7 Å². The highest BCUT2D eigenvalue weighted by atomic mass is 35.5. The Balaban J connectivity index is 1.73. The zero-order valence-electron chi connectivity index (χ0n) is 12.3. The number of imide groups is 1. The maximum absolute atomic E-state index is 12.4. The summed E-state index contributed by atoms with van der Waals surface area (Å²) in [4.78, 5) is 42.4. The Morgan fingerprint density at radius 3 is 2.29 bits per heavy atom. The van der Waals surface area contributed by atoms with Gasteiger partial charge in [0.2, 0.25) is 0 Å².